The smallest absolute Gasteiger partial charge is 0.227 e. The molecular formula is C8H8FNO2. The van der Waals surface area contributed by atoms with Crippen LogP contribution >= 0.6 is 0 Å². The summed E-state index contributed by atoms with van der Waals surface area (Å²) in [5.74, 6) is -0.178. The van der Waals surface area contributed by atoms with Crippen LogP contribution in [0.4, 0.5) is 4.39 Å². The Morgan fingerprint density at radius 2 is 1.83 bits per heavy atom. The molecule has 3 nitrogen and oxygen atoms in total. The third-order valence-electron chi connectivity index (χ3n) is 0.882. The van der Waals surface area contributed by atoms with Crippen LogP contribution in [0.1, 0.15) is 0 Å². The highest BCUT2D eigenvalue weighted by Gasteiger charge is 1.77. The van der Waals surface area contributed by atoms with Crippen LogP contribution in [-0.4, -0.2) is 4.92 Å². The maximum absolute atomic E-state index is 11.9. The van der Waals surface area contributed by atoms with Crippen LogP contribution in [-0.2, 0) is 0 Å². The summed E-state index contributed by atoms with van der Waals surface area (Å²) in [6, 6.07) is 7.94. The summed E-state index contributed by atoms with van der Waals surface area (Å²) >= 11 is 0. The van der Waals surface area contributed by atoms with Gasteiger partial charge in [-0.1, -0.05) is 18.2 Å². The monoisotopic (exact) mass is 169 g/mol. The lowest BCUT2D eigenvalue weighted by molar-refractivity contribution is -0.401. The molecule has 0 aliphatic rings. The third kappa shape index (κ3) is 6.41. The molecule has 0 saturated carbocycles. The summed E-state index contributed by atoms with van der Waals surface area (Å²) < 4.78 is 11.9. The van der Waals surface area contributed by atoms with Crippen molar-refractivity contribution >= 4 is 0 Å². The van der Waals surface area contributed by atoms with Gasteiger partial charge in [-0.15, -0.1) is 0 Å². The second kappa shape index (κ2) is 6.03. The molecule has 0 N–H and O–H groups in total. The molecule has 0 aliphatic heterocycles. The summed E-state index contributed by atoms with van der Waals surface area (Å²) in [4.78, 5) is 8.44. The van der Waals surface area contributed by atoms with Crippen LogP contribution < -0.4 is 0 Å². The van der Waals surface area contributed by atoms with Gasteiger partial charge in [0.2, 0.25) is 6.20 Å². The van der Waals surface area contributed by atoms with Gasteiger partial charge in [-0.05, 0) is 18.7 Å². The van der Waals surface area contributed by atoms with E-state index < -0.39 is 4.92 Å². The summed E-state index contributed by atoms with van der Waals surface area (Å²) in [7, 11) is 0. The molecule has 1 aromatic carbocycles. The molecule has 0 aliphatic carbocycles. The van der Waals surface area contributed by atoms with E-state index in [1.807, 2.05) is 0 Å². The SMILES string of the molecule is C=C[N+](=O)[O-].Fc1ccccc1. The second-order valence-electron chi connectivity index (χ2n) is 1.76. The molecule has 0 aromatic heterocycles. The maximum Gasteiger partial charge on any atom is 0.227 e. The van der Waals surface area contributed by atoms with E-state index in [-0.39, 0.29) is 5.82 Å². The number of hydrogen-bond acceptors (Lipinski definition) is 2. The van der Waals surface area contributed by atoms with Crippen LogP contribution in [0.3, 0.4) is 0 Å². The van der Waals surface area contributed by atoms with E-state index in [4.69, 9.17) is 10.1 Å². The van der Waals surface area contributed by atoms with E-state index in [1.165, 1.54) is 12.1 Å². The van der Waals surface area contributed by atoms with Gasteiger partial charge in [0.25, 0.3) is 0 Å². The van der Waals surface area contributed by atoms with Gasteiger partial charge in [0.05, 0.1) is 4.92 Å². The Labute approximate surface area is 69.3 Å². The van der Waals surface area contributed by atoms with Gasteiger partial charge in [0.1, 0.15) is 5.82 Å². The van der Waals surface area contributed by atoms with Gasteiger partial charge in [-0.2, -0.15) is 0 Å². The number of nitrogens with zero attached hydrogens (tertiary/aromatic N) is 1. The quantitative estimate of drug-likeness (QED) is 0.478. The number of halogens is 1. The number of rotatable bonds is 1. The third-order valence-corrected chi connectivity index (χ3v) is 0.882. The van der Waals surface area contributed by atoms with E-state index in [0.29, 0.717) is 6.20 Å². The molecular weight excluding hydrogens is 161 g/mol. The van der Waals surface area contributed by atoms with E-state index in [1.54, 1.807) is 18.2 Å². The fourth-order valence-corrected chi connectivity index (χ4v) is 0.415. The Balaban J connectivity index is 0.000000217. The minimum absolute atomic E-state index is 0.178. The highest BCUT2D eigenvalue weighted by atomic mass is 19.1. The van der Waals surface area contributed by atoms with Crippen molar-refractivity contribution in [2.24, 2.45) is 0 Å². The van der Waals surface area contributed by atoms with Crippen LogP contribution in [0.15, 0.2) is 43.1 Å². The van der Waals surface area contributed by atoms with Crippen LogP contribution in [0.2, 0.25) is 0 Å². The summed E-state index contributed by atoms with van der Waals surface area (Å²) in [5, 5.41) is 9.06. The van der Waals surface area contributed by atoms with Crippen LogP contribution in [0.5, 0.6) is 0 Å². The second-order valence-corrected chi connectivity index (χ2v) is 1.76. The van der Waals surface area contributed by atoms with Crippen LogP contribution in [0, 0.1) is 15.9 Å². The molecule has 0 heterocycles. The Bertz CT molecular complexity index is 248. The van der Waals surface area contributed by atoms with Crippen molar-refractivity contribution in [2.45, 2.75) is 0 Å². The van der Waals surface area contributed by atoms with E-state index in [2.05, 4.69) is 6.58 Å². The average molecular weight is 169 g/mol. The Morgan fingerprint density at radius 1 is 1.42 bits per heavy atom. The predicted molar refractivity (Wildman–Crippen MR) is 43.6 cm³/mol. The zero-order chi connectivity index (χ0) is 9.40. The van der Waals surface area contributed by atoms with Gasteiger partial charge in [0, 0.05) is 0 Å². The molecule has 0 saturated heterocycles. The average Bonchev–Trinajstić information content (AvgIpc) is 2.07. The molecule has 1 rings (SSSR count). The van der Waals surface area contributed by atoms with E-state index in [9.17, 15) is 4.39 Å². The van der Waals surface area contributed by atoms with Crippen molar-refractivity contribution in [1.29, 1.82) is 0 Å². The first-order chi connectivity index (χ1) is 5.66. The van der Waals surface area contributed by atoms with Crippen molar-refractivity contribution in [3.05, 3.63) is 59.0 Å². The molecule has 0 unspecified atom stereocenters. The number of nitro groups is 1. The van der Waals surface area contributed by atoms with E-state index >= 15 is 0 Å². The fraction of sp³-hybridized carbons (Fsp3) is 0. The van der Waals surface area contributed by atoms with Gasteiger partial charge in [-0.25, -0.2) is 4.39 Å². The minimum atomic E-state index is -0.611. The topological polar surface area (TPSA) is 43.1 Å². The molecule has 0 spiro atoms. The summed E-state index contributed by atoms with van der Waals surface area (Å²) in [5.41, 5.74) is 0. The molecule has 1 aromatic rings. The lowest BCUT2D eigenvalue weighted by Crippen LogP contribution is -1.77. The maximum atomic E-state index is 11.9. The Morgan fingerprint density at radius 3 is 2.00 bits per heavy atom. The highest BCUT2D eigenvalue weighted by Crippen LogP contribution is 1.91. The highest BCUT2D eigenvalue weighted by molar-refractivity contribution is 5.02. The largest absolute Gasteiger partial charge is 0.259 e. The minimum Gasteiger partial charge on any atom is -0.259 e. The molecule has 0 amide bonds. The molecule has 12 heavy (non-hydrogen) atoms. The van der Waals surface area contributed by atoms with Gasteiger partial charge >= 0.3 is 0 Å². The lowest BCUT2D eigenvalue weighted by Gasteiger charge is -1.78. The fourth-order valence-electron chi connectivity index (χ4n) is 0.415. The normalized spacial score (nSPS) is 7.75. The van der Waals surface area contributed by atoms with Crippen molar-refractivity contribution < 1.29 is 9.31 Å². The molecule has 64 valence electrons. The van der Waals surface area contributed by atoms with Crippen molar-refractivity contribution in [1.82, 2.24) is 0 Å². The Kier molecular flexibility index (Phi) is 5.17. The first-order valence-electron chi connectivity index (χ1n) is 3.13. The zero-order valence-electron chi connectivity index (χ0n) is 6.31. The van der Waals surface area contributed by atoms with Crippen molar-refractivity contribution in [3.8, 4) is 0 Å². The molecule has 0 fully saturated rings. The standard InChI is InChI=1S/C6H5F.C2H3NO2/c7-6-4-2-1-3-5-6;1-2-3(4)5/h1-5H;2H,1H2. The first kappa shape index (κ1) is 10.3. The lowest BCUT2D eigenvalue weighted by atomic mass is 10.4. The first-order valence-corrected chi connectivity index (χ1v) is 3.13. The summed E-state index contributed by atoms with van der Waals surface area (Å²) in [6.45, 7) is 2.86. The summed E-state index contributed by atoms with van der Waals surface area (Å²) in [6.07, 6.45) is 0.639. The van der Waals surface area contributed by atoms with Gasteiger partial charge < -0.3 is 0 Å². The number of hydrogen-bond donors (Lipinski definition) is 0. The van der Waals surface area contributed by atoms with Crippen molar-refractivity contribution in [3.63, 3.8) is 0 Å². The zero-order valence-corrected chi connectivity index (χ0v) is 6.31. The molecule has 0 bridgehead atoms. The van der Waals surface area contributed by atoms with E-state index in [0.717, 1.165) is 0 Å². The van der Waals surface area contributed by atoms with Gasteiger partial charge in [-0.3, -0.25) is 10.1 Å². The van der Waals surface area contributed by atoms with Crippen molar-refractivity contribution in [2.75, 3.05) is 0 Å². The predicted octanol–water partition coefficient (Wildman–Crippen LogP) is 2.23. The molecule has 0 atom stereocenters. The van der Waals surface area contributed by atoms with Gasteiger partial charge in [0.15, 0.2) is 0 Å². The molecule has 4 heteroatoms. The number of benzene rings is 1. The Hall–Kier alpha value is -1.71. The van der Waals surface area contributed by atoms with Crippen LogP contribution in [0.25, 0.3) is 0 Å². The molecule has 0 radical (unpaired) electrons.